The van der Waals surface area contributed by atoms with Gasteiger partial charge in [-0.3, -0.25) is 9.69 Å². The molecule has 2 aliphatic heterocycles. The van der Waals surface area contributed by atoms with Crippen molar-refractivity contribution in [2.75, 3.05) is 57.8 Å². The Bertz CT molecular complexity index is 562. The number of hydrogen-bond donors (Lipinski definition) is 1. The van der Waals surface area contributed by atoms with Crippen molar-refractivity contribution in [3.05, 3.63) is 29.3 Å². The molecule has 2 saturated heterocycles. The molecule has 1 N–H and O–H groups in total. The molecule has 5 heteroatoms. The van der Waals surface area contributed by atoms with Crippen LogP contribution in [0.1, 0.15) is 17.5 Å². The van der Waals surface area contributed by atoms with E-state index in [2.05, 4.69) is 28.1 Å². The summed E-state index contributed by atoms with van der Waals surface area (Å²) in [6.07, 6.45) is 1.19. The highest BCUT2D eigenvalue weighted by Crippen LogP contribution is 2.17. The molecule has 1 atom stereocenters. The maximum Gasteiger partial charge on any atom is 0.238 e. The van der Waals surface area contributed by atoms with Crippen LogP contribution in [0.3, 0.4) is 0 Å². The highest BCUT2D eigenvalue weighted by Gasteiger charge is 2.23. The summed E-state index contributed by atoms with van der Waals surface area (Å²) in [6, 6.07) is 6.12. The fourth-order valence-electron chi connectivity index (χ4n) is 3.57. The molecule has 0 aromatic heterocycles. The summed E-state index contributed by atoms with van der Waals surface area (Å²) in [5, 5.41) is 3.04. The molecule has 2 fully saturated rings. The second-order valence-electron chi connectivity index (χ2n) is 7.17. The molecule has 1 aromatic carbocycles. The van der Waals surface area contributed by atoms with Crippen molar-refractivity contribution in [1.29, 1.82) is 0 Å². The number of rotatable bonds is 5. The number of carbonyl (C=O) groups is 1. The quantitative estimate of drug-likeness (QED) is 0.895. The molecule has 0 radical (unpaired) electrons. The Balaban J connectivity index is 1.41. The van der Waals surface area contributed by atoms with Gasteiger partial charge in [0.1, 0.15) is 0 Å². The molecule has 1 amide bonds. The molecular weight excluding hydrogens is 302 g/mol. The zero-order valence-electron chi connectivity index (χ0n) is 14.9. The third-order valence-electron chi connectivity index (χ3n) is 5.03. The normalized spacial score (nSPS) is 22.7. The Morgan fingerprint density at radius 1 is 1.21 bits per heavy atom. The van der Waals surface area contributed by atoms with Crippen LogP contribution in [0.4, 0.5) is 5.69 Å². The summed E-state index contributed by atoms with van der Waals surface area (Å²) >= 11 is 0. The van der Waals surface area contributed by atoms with Crippen molar-refractivity contribution in [2.45, 2.75) is 20.3 Å². The van der Waals surface area contributed by atoms with Crippen LogP contribution in [0.15, 0.2) is 18.2 Å². The number of nitrogens with zero attached hydrogens (tertiary/aromatic N) is 2. The van der Waals surface area contributed by atoms with Crippen molar-refractivity contribution in [3.8, 4) is 0 Å². The summed E-state index contributed by atoms with van der Waals surface area (Å²) in [5.41, 5.74) is 3.26. The van der Waals surface area contributed by atoms with Gasteiger partial charge in [-0.1, -0.05) is 17.7 Å². The standard InChI is InChI=1S/C19H29N3O2/c1-15-3-4-18(16(2)11-15)20-19(23)13-22-8-6-21(7-9-22)12-17-5-10-24-14-17/h3-4,11,17H,5-10,12-14H2,1-2H3,(H,20,23). The molecule has 1 aromatic rings. The average Bonchev–Trinajstić information content (AvgIpc) is 3.05. The molecule has 0 spiro atoms. The fourth-order valence-corrected chi connectivity index (χ4v) is 3.57. The summed E-state index contributed by atoms with van der Waals surface area (Å²) < 4.78 is 5.46. The number of nitrogens with one attached hydrogen (secondary N) is 1. The van der Waals surface area contributed by atoms with E-state index in [1.54, 1.807) is 0 Å². The Morgan fingerprint density at radius 3 is 2.62 bits per heavy atom. The number of aryl methyl sites for hydroxylation is 2. The first kappa shape index (κ1) is 17.4. The van der Waals surface area contributed by atoms with E-state index in [-0.39, 0.29) is 5.91 Å². The molecule has 3 rings (SSSR count). The van der Waals surface area contributed by atoms with E-state index in [0.29, 0.717) is 12.5 Å². The van der Waals surface area contributed by atoms with E-state index in [1.165, 1.54) is 12.0 Å². The van der Waals surface area contributed by atoms with Crippen LogP contribution in [-0.2, 0) is 9.53 Å². The second-order valence-corrected chi connectivity index (χ2v) is 7.17. The van der Waals surface area contributed by atoms with Gasteiger partial charge in [-0.2, -0.15) is 0 Å². The third-order valence-corrected chi connectivity index (χ3v) is 5.03. The van der Waals surface area contributed by atoms with E-state index >= 15 is 0 Å². The Labute approximate surface area is 145 Å². The van der Waals surface area contributed by atoms with Crippen molar-refractivity contribution >= 4 is 11.6 Å². The highest BCUT2D eigenvalue weighted by molar-refractivity contribution is 5.93. The van der Waals surface area contributed by atoms with Gasteiger partial charge in [-0.15, -0.1) is 0 Å². The minimum Gasteiger partial charge on any atom is -0.381 e. The van der Waals surface area contributed by atoms with E-state index in [9.17, 15) is 4.79 Å². The predicted molar refractivity (Wildman–Crippen MR) is 96.4 cm³/mol. The lowest BCUT2D eigenvalue weighted by Gasteiger charge is -2.35. The molecule has 2 heterocycles. The molecule has 2 aliphatic rings. The summed E-state index contributed by atoms with van der Waals surface area (Å²) in [4.78, 5) is 17.1. The van der Waals surface area contributed by atoms with Crippen LogP contribution in [-0.4, -0.2) is 68.2 Å². The van der Waals surface area contributed by atoms with E-state index < -0.39 is 0 Å². The predicted octanol–water partition coefficient (Wildman–Crippen LogP) is 1.90. The molecule has 0 aliphatic carbocycles. The summed E-state index contributed by atoms with van der Waals surface area (Å²) in [7, 11) is 0. The first-order valence-electron chi connectivity index (χ1n) is 9.00. The van der Waals surface area contributed by atoms with Gasteiger partial charge in [0.15, 0.2) is 0 Å². The molecule has 0 bridgehead atoms. The summed E-state index contributed by atoms with van der Waals surface area (Å²) in [5.74, 6) is 0.781. The van der Waals surface area contributed by atoms with Crippen LogP contribution in [0.2, 0.25) is 0 Å². The van der Waals surface area contributed by atoms with Gasteiger partial charge in [-0.25, -0.2) is 0 Å². The Kier molecular flexibility index (Phi) is 5.87. The maximum absolute atomic E-state index is 12.3. The Hall–Kier alpha value is -1.43. The van der Waals surface area contributed by atoms with Gasteiger partial charge in [0.05, 0.1) is 13.2 Å². The summed E-state index contributed by atoms with van der Waals surface area (Å²) in [6.45, 7) is 11.6. The zero-order chi connectivity index (χ0) is 16.9. The van der Waals surface area contributed by atoms with Crippen LogP contribution < -0.4 is 5.32 Å². The first-order valence-corrected chi connectivity index (χ1v) is 9.00. The van der Waals surface area contributed by atoms with Gasteiger partial charge in [-0.05, 0) is 37.8 Å². The number of carbonyl (C=O) groups excluding carboxylic acids is 1. The van der Waals surface area contributed by atoms with Crippen LogP contribution >= 0.6 is 0 Å². The zero-order valence-corrected chi connectivity index (χ0v) is 14.9. The monoisotopic (exact) mass is 331 g/mol. The number of ether oxygens (including phenoxy) is 1. The van der Waals surface area contributed by atoms with Gasteiger partial charge in [0.2, 0.25) is 5.91 Å². The van der Waals surface area contributed by atoms with E-state index in [0.717, 1.165) is 57.2 Å². The van der Waals surface area contributed by atoms with Crippen LogP contribution in [0.5, 0.6) is 0 Å². The molecular formula is C19H29N3O2. The van der Waals surface area contributed by atoms with Gasteiger partial charge >= 0.3 is 0 Å². The third kappa shape index (κ3) is 4.79. The molecule has 132 valence electrons. The topological polar surface area (TPSA) is 44.8 Å². The van der Waals surface area contributed by atoms with Crippen LogP contribution in [0, 0.1) is 19.8 Å². The minimum atomic E-state index is 0.0830. The number of hydrogen-bond acceptors (Lipinski definition) is 4. The van der Waals surface area contributed by atoms with Gasteiger partial charge < -0.3 is 15.0 Å². The Morgan fingerprint density at radius 2 is 1.96 bits per heavy atom. The molecule has 5 nitrogen and oxygen atoms in total. The lowest BCUT2D eigenvalue weighted by Crippen LogP contribution is -2.49. The lowest BCUT2D eigenvalue weighted by molar-refractivity contribution is -0.117. The molecule has 24 heavy (non-hydrogen) atoms. The highest BCUT2D eigenvalue weighted by atomic mass is 16.5. The smallest absolute Gasteiger partial charge is 0.238 e. The SMILES string of the molecule is Cc1ccc(NC(=O)CN2CCN(CC3CCOC3)CC2)c(C)c1. The average molecular weight is 331 g/mol. The van der Waals surface area contributed by atoms with E-state index in [1.807, 2.05) is 19.1 Å². The molecule has 0 saturated carbocycles. The minimum absolute atomic E-state index is 0.0830. The first-order chi connectivity index (χ1) is 11.6. The van der Waals surface area contributed by atoms with E-state index in [4.69, 9.17) is 4.74 Å². The van der Waals surface area contributed by atoms with Crippen molar-refractivity contribution < 1.29 is 9.53 Å². The van der Waals surface area contributed by atoms with Crippen molar-refractivity contribution in [3.63, 3.8) is 0 Å². The lowest BCUT2D eigenvalue weighted by atomic mass is 10.1. The number of piperazine rings is 1. The number of benzene rings is 1. The molecule has 1 unspecified atom stereocenters. The number of amides is 1. The van der Waals surface area contributed by atoms with Crippen molar-refractivity contribution in [2.24, 2.45) is 5.92 Å². The fraction of sp³-hybridized carbons (Fsp3) is 0.632. The number of anilines is 1. The second kappa shape index (κ2) is 8.10. The van der Waals surface area contributed by atoms with Gasteiger partial charge in [0, 0.05) is 45.0 Å². The van der Waals surface area contributed by atoms with Crippen LogP contribution in [0.25, 0.3) is 0 Å². The maximum atomic E-state index is 12.3. The van der Waals surface area contributed by atoms with Crippen molar-refractivity contribution in [1.82, 2.24) is 9.80 Å². The van der Waals surface area contributed by atoms with Gasteiger partial charge in [0.25, 0.3) is 0 Å². The largest absolute Gasteiger partial charge is 0.381 e.